The molecule has 134 valence electrons. The Balaban J connectivity index is 1.69. The number of ether oxygens (including phenoxy) is 1. The number of carboxylic acids is 1. The molecule has 0 aromatic heterocycles. The van der Waals surface area contributed by atoms with Crippen LogP contribution in [0, 0.1) is 17.6 Å². The molecule has 1 saturated heterocycles. The minimum atomic E-state index is -1.40. The Morgan fingerprint density at radius 3 is 2.60 bits per heavy atom. The van der Waals surface area contributed by atoms with Crippen molar-refractivity contribution in [2.45, 2.75) is 25.0 Å². The lowest BCUT2D eigenvalue weighted by Gasteiger charge is -2.24. The molecule has 3 rings (SSSR count). The molecule has 2 N–H and O–H groups in total. The molecule has 2 aliphatic rings. The molecule has 2 heterocycles. The first-order chi connectivity index (χ1) is 11.8. The van der Waals surface area contributed by atoms with Gasteiger partial charge in [0.25, 0.3) is 5.91 Å². The molecule has 9 heteroatoms. The number of amides is 1. The Bertz CT molecular complexity index is 734. The normalized spacial score (nSPS) is 28.4. The van der Waals surface area contributed by atoms with Gasteiger partial charge in [-0.05, 0) is 19.1 Å². The number of carbonyl (C=O) groups is 2. The average molecular weight is 354 g/mol. The highest BCUT2D eigenvalue weighted by atomic mass is 19.1. The second-order valence-electron chi connectivity index (χ2n) is 6.26. The highest BCUT2D eigenvalue weighted by molar-refractivity contribution is 6.05. The molecule has 2 aliphatic heterocycles. The fourth-order valence-electron chi connectivity index (χ4n) is 2.80. The van der Waals surface area contributed by atoms with E-state index in [9.17, 15) is 18.4 Å². The topological polar surface area (TPSA) is 97.2 Å². The van der Waals surface area contributed by atoms with Gasteiger partial charge in [-0.25, -0.2) is 8.78 Å². The van der Waals surface area contributed by atoms with Gasteiger partial charge in [-0.3, -0.25) is 9.59 Å². The fourth-order valence-corrected chi connectivity index (χ4v) is 2.80. The average Bonchev–Trinajstić information content (AvgIpc) is 3.14. The van der Waals surface area contributed by atoms with Crippen molar-refractivity contribution in [1.82, 2.24) is 5.32 Å². The molecule has 1 fully saturated rings. The van der Waals surface area contributed by atoms with Crippen molar-refractivity contribution in [3.63, 3.8) is 0 Å². The van der Waals surface area contributed by atoms with E-state index in [1.54, 1.807) is 0 Å². The molecule has 25 heavy (non-hydrogen) atoms. The van der Waals surface area contributed by atoms with E-state index in [1.165, 1.54) is 6.92 Å². The third-order valence-corrected chi connectivity index (χ3v) is 4.25. The van der Waals surface area contributed by atoms with Gasteiger partial charge in [-0.15, -0.1) is 0 Å². The number of aliphatic carboxylic acids is 1. The Labute approximate surface area is 141 Å². The highest BCUT2D eigenvalue weighted by Crippen LogP contribution is 2.28. The summed E-state index contributed by atoms with van der Waals surface area (Å²) >= 11 is 0. The number of benzene rings is 1. The maximum Gasteiger partial charge on any atom is 0.311 e. The molecule has 0 aliphatic carbocycles. The summed E-state index contributed by atoms with van der Waals surface area (Å²) < 4.78 is 31.8. The monoisotopic (exact) mass is 354 g/mol. The van der Waals surface area contributed by atoms with Gasteiger partial charge in [-0.1, -0.05) is 5.16 Å². The van der Waals surface area contributed by atoms with Gasteiger partial charge in [0.05, 0.1) is 25.0 Å². The van der Waals surface area contributed by atoms with Crippen molar-refractivity contribution in [3.8, 4) is 0 Å². The van der Waals surface area contributed by atoms with Crippen molar-refractivity contribution >= 4 is 17.6 Å². The summed E-state index contributed by atoms with van der Waals surface area (Å²) in [4.78, 5) is 28.8. The Morgan fingerprint density at radius 2 is 1.96 bits per heavy atom. The maximum absolute atomic E-state index is 13.3. The second-order valence-corrected chi connectivity index (χ2v) is 6.26. The van der Waals surface area contributed by atoms with Gasteiger partial charge in [0.15, 0.2) is 0 Å². The van der Waals surface area contributed by atoms with Crippen molar-refractivity contribution in [3.05, 3.63) is 35.4 Å². The van der Waals surface area contributed by atoms with Crippen LogP contribution in [-0.2, 0) is 19.2 Å². The highest BCUT2D eigenvalue weighted by Gasteiger charge is 2.45. The van der Waals surface area contributed by atoms with E-state index >= 15 is 0 Å². The summed E-state index contributed by atoms with van der Waals surface area (Å²) in [6.45, 7) is 1.57. The minimum Gasteiger partial charge on any atom is -0.481 e. The van der Waals surface area contributed by atoms with Crippen LogP contribution in [0.1, 0.15) is 18.9 Å². The SMILES string of the molecule is CC1(C(=O)NC2COCC2C(=O)O)CC(c2cc(F)cc(F)c2)=NO1. The zero-order chi connectivity index (χ0) is 18.2. The zero-order valence-electron chi connectivity index (χ0n) is 13.3. The quantitative estimate of drug-likeness (QED) is 0.843. The van der Waals surface area contributed by atoms with Crippen LogP contribution in [0.4, 0.5) is 8.78 Å². The van der Waals surface area contributed by atoms with Gasteiger partial charge in [0, 0.05) is 18.1 Å². The number of nitrogens with zero attached hydrogens (tertiary/aromatic N) is 1. The number of nitrogens with one attached hydrogen (secondary N) is 1. The minimum absolute atomic E-state index is 0.00690. The Morgan fingerprint density at radius 1 is 1.28 bits per heavy atom. The van der Waals surface area contributed by atoms with Crippen LogP contribution in [-0.4, -0.2) is 47.6 Å². The molecule has 0 spiro atoms. The summed E-state index contributed by atoms with van der Waals surface area (Å²) in [5, 5.41) is 15.5. The maximum atomic E-state index is 13.3. The number of oxime groups is 1. The van der Waals surface area contributed by atoms with Crippen LogP contribution >= 0.6 is 0 Å². The first-order valence-corrected chi connectivity index (χ1v) is 7.61. The number of carboxylic acid groups (broad SMARTS) is 1. The molecular weight excluding hydrogens is 338 g/mol. The number of hydrogen-bond acceptors (Lipinski definition) is 5. The van der Waals surface area contributed by atoms with E-state index in [4.69, 9.17) is 14.7 Å². The third-order valence-electron chi connectivity index (χ3n) is 4.25. The van der Waals surface area contributed by atoms with Crippen molar-refractivity contribution in [2.24, 2.45) is 11.1 Å². The summed E-state index contributed by atoms with van der Waals surface area (Å²) in [6.07, 6.45) is -0.00690. The summed E-state index contributed by atoms with van der Waals surface area (Å²) in [7, 11) is 0. The molecule has 1 aromatic rings. The van der Waals surface area contributed by atoms with Crippen molar-refractivity contribution in [1.29, 1.82) is 0 Å². The molecule has 3 atom stereocenters. The lowest BCUT2D eigenvalue weighted by Crippen LogP contribution is -2.51. The first-order valence-electron chi connectivity index (χ1n) is 7.61. The molecule has 0 saturated carbocycles. The summed E-state index contributed by atoms with van der Waals surface area (Å²) in [5.74, 6) is -3.99. The lowest BCUT2D eigenvalue weighted by atomic mass is 9.94. The molecule has 3 unspecified atom stereocenters. The lowest BCUT2D eigenvalue weighted by molar-refractivity contribution is -0.145. The largest absolute Gasteiger partial charge is 0.481 e. The van der Waals surface area contributed by atoms with Gasteiger partial charge >= 0.3 is 5.97 Å². The van der Waals surface area contributed by atoms with E-state index in [0.717, 1.165) is 18.2 Å². The van der Waals surface area contributed by atoms with Crippen molar-refractivity contribution in [2.75, 3.05) is 13.2 Å². The Kier molecular flexibility index (Phi) is 4.42. The number of halogens is 2. The second kappa shape index (κ2) is 6.40. The standard InChI is InChI=1S/C16H16F2N2O5/c1-16(15(23)19-13-7-24-6-11(13)14(21)22)5-12(20-25-16)8-2-9(17)4-10(18)3-8/h2-4,11,13H,5-7H2,1H3,(H,19,23)(H,21,22). The van der Waals surface area contributed by atoms with E-state index in [0.29, 0.717) is 0 Å². The molecule has 0 bridgehead atoms. The molecular formula is C16H16F2N2O5. The van der Waals surface area contributed by atoms with Gasteiger partial charge in [-0.2, -0.15) is 0 Å². The molecule has 1 amide bonds. The summed E-state index contributed by atoms with van der Waals surface area (Å²) in [6, 6.07) is 2.25. The van der Waals surface area contributed by atoms with Gasteiger partial charge < -0.3 is 20.0 Å². The third kappa shape index (κ3) is 3.46. The van der Waals surface area contributed by atoms with Gasteiger partial charge in [0.1, 0.15) is 17.6 Å². The van der Waals surface area contributed by atoms with Crippen LogP contribution in [0.3, 0.4) is 0 Å². The molecule has 1 aromatic carbocycles. The van der Waals surface area contributed by atoms with E-state index in [1.807, 2.05) is 0 Å². The first kappa shape index (κ1) is 17.3. The molecule has 0 radical (unpaired) electrons. The number of hydrogen-bond donors (Lipinski definition) is 2. The van der Waals surface area contributed by atoms with Crippen LogP contribution in [0.25, 0.3) is 0 Å². The smallest absolute Gasteiger partial charge is 0.311 e. The van der Waals surface area contributed by atoms with Crippen LogP contribution < -0.4 is 5.32 Å². The Hall–Kier alpha value is -2.55. The zero-order valence-corrected chi connectivity index (χ0v) is 13.3. The van der Waals surface area contributed by atoms with E-state index in [-0.39, 0.29) is 30.9 Å². The van der Waals surface area contributed by atoms with Gasteiger partial charge in [0.2, 0.25) is 5.60 Å². The predicted octanol–water partition coefficient (Wildman–Crippen LogP) is 1.06. The van der Waals surface area contributed by atoms with Crippen LogP contribution in [0.2, 0.25) is 0 Å². The van der Waals surface area contributed by atoms with E-state index in [2.05, 4.69) is 10.5 Å². The number of carbonyl (C=O) groups excluding carboxylic acids is 1. The molecule has 7 nitrogen and oxygen atoms in total. The summed E-state index contributed by atoms with van der Waals surface area (Å²) in [5.41, 5.74) is -0.987. The van der Waals surface area contributed by atoms with Crippen LogP contribution in [0.15, 0.2) is 23.4 Å². The fraction of sp³-hybridized carbons (Fsp3) is 0.438. The predicted molar refractivity (Wildman–Crippen MR) is 80.9 cm³/mol. The number of rotatable bonds is 4. The van der Waals surface area contributed by atoms with Crippen molar-refractivity contribution < 1.29 is 33.1 Å². The van der Waals surface area contributed by atoms with E-state index < -0.39 is 41.1 Å². The van der Waals surface area contributed by atoms with Crippen LogP contribution in [0.5, 0.6) is 0 Å².